The molecule has 2 aromatic carbocycles. The van der Waals surface area contributed by atoms with Crippen LogP contribution in [0, 0.1) is 0 Å². The predicted molar refractivity (Wildman–Crippen MR) is 79.8 cm³/mol. The van der Waals surface area contributed by atoms with E-state index >= 15 is 0 Å². The van der Waals surface area contributed by atoms with Crippen LogP contribution in [0.1, 0.15) is 22.3 Å². The Kier molecular flexibility index (Phi) is 4.74. The lowest BCUT2D eigenvalue weighted by Crippen LogP contribution is -2.04. The smallest absolute Gasteiger partial charge is 0.166 e. The SMILES string of the molecule is COc1ccc(Br)cc1C(=O)CCc1ccccc1. The largest absolute Gasteiger partial charge is 0.496 e. The number of hydrogen-bond donors (Lipinski definition) is 0. The third-order valence-corrected chi connectivity index (χ3v) is 3.44. The summed E-state index contributed by atoms with van der Waals surface area (Å²) in [5, 5.41) is 0. The van der Waals surface area contributed by atoms with Crippen LogP contribution in [0.4, 0.5) is 0 Å². The average Bonchev–Trinajstić information content (AvgIpc) is 2.46. The van der Waals surface area contributed by atoms with Crippen LogP contribution < -0.4 is 4.74 Å². The number of ether oxygens (including phenoxy) is 1. The van der Waals surface area contributed by atoms with Gasteiger partial charge in [0.1, 0.15) is 5.75 Å². The van der Waals surface area contributed by atoms with Crippen LogP contribution in [-0.2, 0) is 6.42 Å². The second-order valence-corrected chi connectivity index (χ2v) is 5.17. The Bertz CT molecular complexity index is 564. The van der Waals surface area contributed by atoms with E-state index in [-0.39, 0.29) is 5.78 Å². The van der Waals surface area contributed by atoms with Crippen molar-refractivity contribution in [3.63, 3.8) is 0 Å². The highest BCUT2D eigenvalue weighted by Gasteiger charge is 2.12. The molecule has 0 radical (unpaired) electrons. The van der Waals surface area contributed by atoms with E-state index in [2.05, 4.69) is 15.9 Å². The molecule has 0 N–H and O–H groups in total. The Labute approximate surface area is 121 Å². The molecular weight excluding hydrogens is 304 g/mol. The van der Waals surface area contributed by atoms with Gasteiger partial charge < -0.3 is 4.74 Å². The minimum absolute atomic E-state index is 0.0991. The molecule has 3 heteroatoms. The van der Waals surface area contributed by atoms with E-state index in [4.69, 9.17) is 4.74 Å². The molecule has 0 aliphatic heterocycles. The van der Waals surface area contributed by atoms with Gasteiger partial charge in [0.2, 0.25) is 0 Å². The fraction of sp³-hybridized carbons (Fsp3) is 0.188. The zero-order valence-electron chi connectivity index (χ0n) is 10.7. The summed E-state index contributed by atoms with van der Waals surface area (Å²) in [7, 11) is 1.58. The number of benzene rings is 2. The Hall–Kier alpha value is -1.61. The summed E-state index contributed by atoms with van der Waals surface area (Å²) < 4.78 is 6.12. The van der Waals surface area contributed by atoms with Gasteiger partial charge in [-0.1, -0.05) is 46.3 Å². The fourth-order valence-corrected chi connectivity index (χ4v) is 2.30. The molecule has 0 fully saturated rings. The molecule has 2 nitrogen and oxygen atoms in total. The Balaban J connectivity index is 2.10. The van der Waals surface area contributed by atoms with E-state index in [9.17, 15) is 4.79 Å². The molecule has 0 saturated heterocycles. The van der Waals surface area contributed by atoms with Gasteiger partial charge >= 0.3 is 0 Å². The van der Waals surface area contributed by atoms with E-state index in [1.165, 1.54) is 5.56 Å². The van der Waals surface area contributed by atoms with E-state index in [0.29, 0.717) is 17.7 Å². The van der Waals surface area contributed by atoms with Gasteiger partial charge in [0, 0.05) is 10.9 Å². The zero-order valence-corrected chi connectivity index (χ0v) is 12.3. The van der Waals surface area contributed by atoms with Crippen molar-refractivity contribution in [2.24, 2.45) is 0 Å². The number of Topliss-reactive ketones (excluding diaryl/α,β-unsaturated/α-hetero) is 1. The minimum atomic E-state index is 0.0991. The lowest BCUT2D eigenvalue weighted by molar-refractivity contribution is 0.0980. The summed E-state index contributed by atoms with van der Waals surface area (Å²) in [5.41, 5.74) is 1.80. The lowest BCUT2D eigenvalue weighted by Gasteiger charge is -2.08. The molecule has 0 bridgehead atoms. The topological polar surface area (TPSA) is 26.3 Å². The number of hydrogen-bond acceptors (Lipinski definition) is 2. The molecule has 0 aliphatic carbocycles. The maximum atomic E-state index is 12.2. The number of ketones is 1. The third-order valence-electron chi connectivity index (χ3n) is 2.95. The molecule has 0 unspecified atom stereocenters. The first-order valence-corrected chi connectivity index (χ1v) is 6.90. The van der Waals surface area contributed by atoms with Gasteiger partial charge in [-0.25, -0.2) is 0 Å². The van der Waals surface area contributed by atoms with Crippen molar-refractivity contribution < 1.29 is 9.53 Å². The van der Waals surface area contributed by atoms with Crippen molar-refractivity contribution in [2.75, 3.05) is 7.11 Å². The molecule has 2 aromatic rings. The first kappa shape index (κ1) is 13.8. The van der Waals surface area contributed by atoms with Gasteiger partial charge in [0.25, 0.3) is 0 Å². The molecule has 98 valence electrons. The molecule has 0 heterocycles. The standard InChI is InChI=1S/C16H15BrO2/c1-19-16-10-8-13(17)11-14(16)15(18)9-7-12-5-3-2-4-6-12/h2-6,8,10-11H,7,9H2,1H3. The van der Waals surface area contributed by atoms with Crippen molar-refractivity contribution in [1.29, 1.82) is 0 Å². The maximum Gasteiger partial charge on any atom is 0.166 e. The molecule has 0 spiro atoms. The number of halogens is 1. The average molecular weight is 319 g/mol. The summed E-state index contributed by atoms with van der Waals surface area (Å²) in [6.45, 7) is 0. The first-order chi connectivity index (χ1) is 9.20. The van der Waals surface area contributed by atoms with Crippen molar-refractivity contribution in [1.82, 2.24) is 0 Å². The second-order valence-electron chi connectivity index (χ2n) is 4.25. The Morgan fingerprint density at radius 3 is 2.58 bits per heavy atom. The molecule has 0 atom stereocenters. The summed E-state index contributed by atoms with van der Waals surface area (Å²) >= 11 is 3.38. The molecule has 0 aromatic heterocycles. The highest BCUT2D eigenvalue weighted by molar-refractivity contribution is 9.10. The Morgan fingerprint density at radius 1 is 1.16 bits per heavy atom. The highest BCUT2D eigenvalue weighted by Crippen LogP contribution is 2.24. The van der Waals surface area contributed by atoms with Crippen LogP contribution in [0.2, 0.25) is 0 Å². The summed E-state index contributed by atoms with van der Waals surface area (Å²) in [6, 6.07) is 15.5. The van der Waals surface area contributed by atoms with Crippen LogP contribution in [0.25, 0.3) is 0 Å². The van der Waals surface area contributed by atoms with Crippen LogP contribution >= 0.6 is 15.9 Å². The first-order valence-electron chi connectivity index (χ1n) is 6.11. The zero-order chi connectivity index (χ0) is 13.7. The van der Waals surface area contributed by atoms with Gasteiger partial charge in [-0.05, 0) is 30.2 Å². The predicted octanol–water partition coefficient (Wildman–Crippen LogP) is 4.27. The van der Waals surface area contributed by atoms with Gasteiger partial charge in [-0.2, -0.15) is 0 Å². The van der Waals surface area contributed by atoms with Crippen LogP contribution in [0.3, 0.4) is 0 Å². The fourth-order valence-electron chi connectivity index (χ4n) is 1.94. The van der Waals surface area contributed by atoms with Crippen molar-refractivity contribution in [3.8, 4) is 5.75 Å². The van der Waals surface area contributed by atoms with E-state index in [1.807, 2.05) is 42.5 Å². The molecule has 2 rings (SSSR count). The van der Waals surface area contributed by atoms with Gasteiger partial charge in [0.05, 0.1) is 12.7 Å². The molecule has 0 saturated carbocycles. The number of aryl methyl sites for hydroxylation is 1. The minimum Gasteiger partial charge on any atom is -0.496 e. The summed E-state index contributed by atoms with van der Waals surface area (Å²) in [6.07, 6.45) is 1.23. The normalized spacial score (nSPS) is 10.2. The van der Waals surface area contributed by atoms with Crippen LogP contribution in [0.5, 0.6) is 5.75 Å². The number of rotatable bonds is 5. The second kappa shape index (κ2) is 6.53. The maximum absolute atomic E-state index is 12.2. The van der Waals surface area contributed by atoms with E-state index in [1.54, 1.807) is 13.2 Å². The molecule has 19 heavy (non-hydrogen) atoms. The monoisotopic (exact) mass is 318 g/mol. The van der Waals surface area contributed by atoms with E-state index < -0.39 is 0 Å². The summed E-state index contributed by atoms with van der Waals surface area (Å²) in [4.78, 5) is 12.2. The molecule has 0 amide bonds. The van der Waals surface area contributed by atoms with Crippen molar-refractivity contribution in [3.05, 3.63) is 64.1 Å². The number of methoxy groups -OCH3 is 1. The quantitative estimate of drug-likeness (QED) is 0.769. The van der Waals surface area contributed by atoms with Gasteiger partial charge in [-0.15, -0.1) is 0 Å². The van der Waals surface area contributed by atoms with Crippen LogP contribution in [-0.4, -0.2) is 12.9 Å². The van der Waals surface area contributed by atoms with Crippen LogP contribution in [0.15, 0.2) is 53.0 Å². The molecular formula is C16H15BrO2. The van der Waals surface area contributed by atoms with Gasteiger partial charge in [-0.3, -0.25) is 4.79 Å². The van der Waals surface area contributed by atoms with E-state index in [0.717, 1.165) is 10.9 Å². The lowest BCUT2D eigenvalue weighted by atomic mass is 10.0. The third kappa shape index (κ3) is 3.67. The molecule has 0 aliphatic rings. The van der Waals surface area contributed by atoms with Crippen molar-refractivity contribution >= 4 is 21.7 Å². The summed E-state index contributed by atoms with van der Waals surface area (Å²) in [5.74, 6) is 0.725. The van der Waals surface area contributed by atoms with Gasteiger partial charge in [0.15, 0.2) is 5.78 Å². The van der Waals surface area contributed by atoms with Crippen molar-refractivity contribution in [2.45, 2.75) is 12.8 Å². The number of carbonyl (C=O) groups is 1. The number of carbonyl (C=O) groups excluding carboxylic acids is 1. The highest BCUT2D eigenvalue weighted by atomic mass is 79.9. The Morgan fingerprint density at radius 2 is 1.89 bits per heavy atom.